The Labute approximate surface area is 212 Å². The molecule has 0 saturated heterocycles. The summed E-state index contributed by atoms with van der Waals surface area (Å²) >= 11 is 0. The van der Waals surface area contributed by atoms with Gasteiger partial charge in [-0.05, 0) is 30.9 Å². The normalized spacial score (nSPS) is 11.2. The number of fused-ring (bicyclic) bond motifs is 2. The number of esters is 2. The van der Waals surface area contributed by atoms with Gasteiger partial charge in [0.15, 0.2) is 0 Å². The zero-order valence-electron chi connectivity index (χ0n) is 21.7. The van der Waals surface area contributed by atoms with Crippen LogP contribution < -0.4 is 9.47 Å². The lowest BCUT2D eigenvalue weighted by atomic mass is 9.85. The number of carbonyl (C=O) groups is 2. The molecule has 0 saturated carbocycles. The topological polar surface area (TPSA) is 71.1 Å². The molecule has 0 heterocycles. The summed E-state index contributed by atoms with van der Waals surface area (Å²) in [6.07, 6.45) is 0. The molecule has 0 N–H and O–H groups in total. The van der Waals surface area contributed by atoms with Gasteiger partial charge >= 0.3 is 11.9 Å². The van der Waals surface area contributed by atoms with Crippen molar-refractivity contribution in [2.45, 2.75) is 40.0 Å². The van der Waals surface area contributed by atoms with E-state index in [-0.39, 0.29) is 31.8 Å². The van der Waals surface area contributed by atoms with Gasteiger partial charge in [0.1, 0.15) is 37.9 Å². The van der Waals surface area contributed by atoms with E-state index in [4.69, 9.17) is 18.9 Å². The third-order valence-corrected chi connectivity index (χ3v) is 5.61. The first-order valence-corrected chi connectivity index (χ1v) is 11.9. The summed E-state index contributed by atoms with van der Waals surface area (Å²) in [4.78, 5) is 23.5. The minimum Gasteiger partial charge on any atom is -0.489 e. The lowest BCUT2D eigenvalue weighted by Crippen LogP contribution is -2.14. The van der Waals surface area contributed by atoms with E-state index >= 15 is 0 Å². The van der Waals surface area contributed by atoms with Crippen molar-refractivity contribution in [1.29, 1.82) is 0 Å². The Morgan fingerprint density at radius 2 is 1.14 bits per heavy atom. The fourth-order valence-electron chi connectivity index (χ4n) is 3.68. The molecule has 0 amide bonds. The van der Waals surface area contributed by atoms with Gasteiger partial charge in [-0.15, -0.1) is 0 Å². The SMILES string of the molecule is C=C(C)C(=O)OCCOc1c2ccccc2c(OCCOC(=O)C(=C)C)c2cc(C(C)(C)C)ccc12. The molecule has 190 valence electrons. The van der Waals surface area contributed by atoms with E-state index < -0.39 is 11.9 Å². The summed E-state index contributed by atoms with van der Waals surface area (Å²) in [5, 5.41) is 3.51. The molecule has 36 heavy (non-hydrogen) atoms. The summed E-state index contributed by atoms with van der Waals surface area (Å²) < 4.78 is 22.8. The predicted octanol–water partition coefficient (Wildman–Crippen LogP) is 6.29. The van der Waals surface area contributed by atoms with Crippen LogP contribution in [0.4, 0.5) is 0 Å². The molecule has 3 aromatic carbocycles. The molecule has 0 spiro atoms. The molecule has 0 bridgehead atoms. The average Bonchev–Trinajstić information content (AvgIpc) is 2.83. The van der Waals surface area contributed by atoms with Crippen LogP contribution in [0, 0.1) is 0 Å². The lowest BCUT2D eigenvalue weighted by Gasteiger charge is -2.22. The third-order valence-electron chi connectivity index (χ3n) is 5.61. The molecule has 0 unspecified atom stereocenters. The Morgan fingerprint density at radius 3 is 1.58 bits per heavy atom. The van der Waals surface area contributed by atoms with Crippen LogP contribution in [0.15, 0.2) is 66.8 Å². The van der Waals surface area contributed by atoms with Crippen molar-refractivity contribution in [1.82, 2.24) is 0 Å². The highest BCUT2D eigenvalue weighted by atomic mass is 16.6. The van der Waals surface area contributed by atoms with E-state index in [0.717, 1.165) is 27.1 Å². The summed E-state index contributed by atoms with van der Waals surface area (Å²) in [6.45, 7) is 17.5. The molecule has 6 nitrogen and oxygen atoms in total. The van der Waals surface area contributed by atoms with E-state index in [1.807, 2.05) is 30.3 Å². The Morgan fingerprint density at radius 1 is 0.694 bits per heavy atom. The van der Waals surface area contributed by atoms with Gasteiger partial charge in [-0.1, -0.05) is 70.3 Å². The largest absolute Gasteiger partial charge is 0.489 e. The number of benzene rings is 3. The van der Waals surface area contributed by atoms with Crippen LogP contribution in [0.2, 0.25) is 0 Å². The Kier molecular flexibility index (Phi) is 8.41. The van der Waals surface area contributed by atoms with Crippen LogP contribution in [0.1, 0.15) is 40.2 Å². The average molecular weight is 491 g/mol. The highest BCUT2D eigenvalue weighted by molar-refractivity contribution is 6.11. The Balaban J connectivity index is 2.02. The number of hydrogen-bond donors (Lipinski definition) is 0. The van der Waals surface area contributed by atoms with Gasteiger partial charge in [-0.2, -0.15) is 0 Å². The maximum absolute atomic E-state index is 11.8. The van der Waals surface area contributed by atoms with Crippen molar-refractivity contribution in [2.24, 2.45) is 0 Å². The van der Waals surface area contributed by atoms with Crippen LogP contribution in [-0.2, 0) is 24.5 Å². The smallest absolute Gasteiger partial charge is 0.333 e. The molecule has 3 aromatic rings. The van der Waals surface area contributed by atoms with Gasteiger partial charge in [0.25, 0.3) is 0 Å². The number of rotatable bonds is 10. The minimum atomic E-state index is -0.445. The molecule has 0 aliphatic carbocycles. The molecule has 0 atom stereocenters. The standard InChI is InChI=1S/C30H34O6/c1-19(2)28(31)35-16-14-33-26-22-10-8-9-11-23(22)27(34-15-17-36-29(32)20(3)4)25-18-21(30(5,6)7)12-13-24(25)26/h8-13,18H,1,3,14-17H2,2,4-7H3. The molecule has 3 rings (SSSR count). The summed E-state index contributed by atoms with van der Waals surface area (Å²) in [6, 6.07) is 14.1. The fraction of sp³-hybridized carbons (Fsp3) is 0.333. The van der Waals surface area contributed by atoms with Gasteiger partial charge in [0, 0.05) is 32.7 Å². The first-order valence-electron chi connectivity index (χ1n) is 11.9. The van der Waals surface area contributed by atoms with Crippen molar-refractivity contribution in [3.05, 3.63) is 72.3 Å². The first kappa shape index (κ1) is 26.8. The quantitative estimate of drug-likeness (QED) is 0.144. The van der Waals surface area contributed by atoms with E-state index in [0.29, 0.717) is 22.6 Å². The van der Waals surface area contributed by atoms with Crippen LogP contribution in [0.5, 0.6) is 11.5 Å². The van der Waals surface area contributed by atoms with Gasteiger partial charge < -0.3 is 18.9 Å². The third kappa shape index (κ3) is 6.25. The summed E-state index contributed by atoms with van der Waals surface area (Å²) in [5.74, 6) is 0.492. The molecular formula is C30H34O6. The van der Waals surface area contributed by atoms with Gasteiger partial charge in [-0.25, -0.2) is 9.59 Å². The fourth-order valence-corrected chi connectivity index (χ4v) is 3.68. The van der Waals surface area contributed by atoms with Crippen molar-refractivity contribution >= 4 is 33.5 Å². The molecule has 0 radical (unpaired) electrons. The monoisotopic (exact) mass is 490 g/mol. The predicted molar refractivity (Wildman–Crippen MR) is 143 cm³/mol. The van der Waals surface area contributed by atoms with Gasteiger partial charge in [0.2, 0.25) is 0 Å². The van der Waals surface area contributed by atoms with Crippen LogP contribution in [0.25, 0.3) is 21.5 Å². The number of carbonyl (C=O) groups excluding carboxylic acids is 2. The lowest BCUT2D eigenvalue weighted by molar-refractivity contribution is -0.140. The molecule has 0 aliphatic heterocycles. The van der Waals surface area contributed by atoms with Gasteiger partial charge in [-0.3, -0.25) is 0 Å². The van der Waals surface area contributed by atoms with E-state index in [1.165, 1.54) is 0 Å². The van der Waals surface area contributed by atoms with Crippen LogP contribution >= 0.6 is 0 Å². The Hall–Kier alpha value is -3.80. The second kappa shape index (κ2) is 11.3. The van der Waals surface area contributed by atoms with Gasteiger partial charge in [0.05, 0.1) is 0 Å². The maximum Gasteiger partial charge on any atom is 0.333 e. The zero-order chi connectivity index (χ0) is 26.5. The molecule has 0 aromatic heterocycles. The highest BCUT2D eigenvalue weighted by Crippen LogP contribution is 2.44. The second-order valence-electron chi connectivity index (χ2n) is 9.74. The van der Waals surface area contributed by atoms with Crippen molar-refractivity contribution in [3.63, 3.8) is 0 Å². The molecule has 0 aliphatic rings. The second-order valence-corrected chi connectivity index (χ2v) is 9.74. The highest BCUT2D eigenvalue weighted by Gasteiger charge is 2.20. The maximum atomic E-state index is 11.8. The molecule has 6 heteroatoms. The molecule has 0 fully saturated rings. The zero-order valence-corrected chi connectivity index (χ0v) is 21.7. The molecular weight excluding hydrogens is 456 g/mol. The number of hydrogen-bond acceptors (Lipinski definition) is 6. The Bertz CT molecular complexity index is 1310. The van der Waals surface area contributed by atoms with Crippen molar-refractivity contribution in [3.8, 4) is 11.5 Å². The van der Waals surface area contributed by atoms with Crippen LogP contribution in [-0.4, -0.2) is 38.4 Å². The first-order chi connectivity index (χ1) is 17.0. The summed E-state index contributed by atoms with van der Waals surface area (Å²) in [5.41, 5.74) is 1.75. The number of ether oxygens (including phenoxy) is 4. The van der Waals surface area contributed by atoms with Crippen molar-refractivity contribution in [2.75, 3.05) is 26.4 Å². The van der Waals surface area contributed by atoms with Crippen LogP contribution in [0.3, 0.4) is 0 Å². The van der Waals surface area contributed by atoms with E-state index in [2.05, 4.69) is 46.1 Å². The van der Waals surface area contributed by atoms with E-state index in [9.17, 15) is 9.59 Å². The minimum absolute atomic E-state index is 0.0775. The van der Waals surface area contributed by atoms with E-state index in [1.54, 1.807) is 13.8 Å². The summed E-state index contributed by atoms with van der Waals surface area (Å²) in [7, 11) is 0. The van der Waals surface area contributed by atoms with Crippen molar-refractivity contribution < 1.29 is 28.5 Å².